The van der Waals surface area contributed by atoms with Crippen molar-refractivity contribution in [1.29, 1.82) is 0 Å². The van der Waals surface area contributed by atoms with Gasteiger partial charge in [0.15, 0.2) is 0 Å². The lowest BCUT2D eigenvalue weighted by molar-refractivity contribution is -0.137. The van der Waals surface area contributed by atoms with E-state index in [1.54, 1.807) is 0 Å². The van der Waals surface area contributed by atoms with Crippen molar-refractivity contribution in [3.05, 3.63) is 24.3 Å². The molecule has 0 aromatic rings. The Morgan fingerprint density at radius 3 is 2.43 bits per heavy atom. The number of carbonyl (C=O) groups is 1. The zero-order valence-corrected chi connectivity index (χ0v) is 13.3. The van der Waals surface area contributed by atoms with E-state index in [0.29, 0.717) is 18.6 Å². The van der Waals surface area contributed by atoms with E-state index in [-0.39, 0.29) is 0 Å². The minimum Gasteiger partial charge on any atom is -0.481 e. The Kier molecular flexibility index (Phi) is 9.88. The summed E-state index contributed by atoms with van der Waals surface area (Å²) >= 11 is 0. The highest BCUT2D eigenvalue weighted by Gasteiger charge is 2.35. The SMILES string of the molecule is CC[C@H]1O[C@H]1C/C=C\C/C=C/CCCCCCCC(=O)O. The van der Waals surface area contributed by atoms with Gasteiger partial charge in [-0.15, -0.1) is 0 Å². The summed E-state index contributed by atoms with van der Waals surface area (Å²) in [5, 5.41) is 8.51. The quantitative estimate of drug-likeness (QED) is 0.299. The fourth-order valence-corrected chi connectivity index (χ4v) is 2.43. The third-order valence-corrected chi connectivity index (χ3v) is 3.83. The van der Waals surface area contributed by atoms with Crippen LogP contribution in [-0.2, 0) is 9.53 Å². The molecule has 3 heteroatoms. The van der Waals surface area contributed by atoms with Crippen molar-refractivity contribution in [3.8, 4) is 0 Å². The summed E-state index contributed by atoms with van der Waals surface area (Å²) in [7, 11) is 0. The van der Waals surface area contributed by atoms with E-state index in [1.807, 2.05) is 0 Å². The number of hydrogen-bond acceptors (Lipinski definition) is 2. The van der Waals surface area contributed by atoms with E-state index in [9.17, 15) is 4.79 Å². The predicted octanol–water partition coefficient (Wildman–Crippen LogP) is 4.87. The maximum absolute atomic E-state index is 10.3. The van der Waals surface area contributed by atoms with Gasteiger partial charge >= 0.3 is 5.97 Å². The third kappa shape index (κ3) is 10.3. The summed E-state index contributed by atoms with van der Waals surface area (Å²) < 4.78 is 5.48. The highest BCUT2D eigenvalue weighted by molar-refractivity contribution is 5.66. The Hall–Kier alpha value is -1.09. The second-order valence-corrected chi connectivity index (χ2v) is 5.74. The lowest BCUT2D eigenvalue weighted by Gasteiger charge is -1.98. The van der Waals surface area contributed by atoms with Crippen molar-refractivity contribution in [3.63, 3.8) is 0 Å². The zero-order valence-electron chi connectivity index (χ0n) is 13.3. The second-order valence-electron chi connectivity index (χ2n) is 5.74. The molecule has 1 aliphatic heterocycles. The van der Waals surface area contributed by atoms with Gasteiger partial charge in [-0.2, -0.15) is 0 Å². The summed E-state index contributed by atoms with van der Waals surface area (Å²) in [4.78, 5) is 10.3. The van der Waals surface area contributed by atoms with Gasteiger partial charge in [0.05, 0.1) is 12.2 Å². The molecule has 1 saturated heterocycles. The molecular formula is C18H30O3. The fraction of sp³-hybridized carbons (Fsp3) is 0.722. The molecule has 21 heavy (non-hydrogen) atoms. The fourth-order valence-electron chi connectivity index (χ4n) is 2.43. The number of aliphatic carboxylic acids is 1. The number of epoxide rings is 1. The first-order chi connectivity index (χ1) is 10.2. The van der Waals surface area contributed by atoms with Gasteiger partial charge < -0.3 is 9.84 Å². The van der Waals surface area contributed by atoms with Gasteiger partial charge in [0, 0.05) is 6.42 Å². The van der Waals surface area contributed by atoms with Crippen molar-refractivity contribution >= 4 is 5.97 Å². The Morgan fingerprint density at radius 2 is 1.71 bits per heavy atom. The van der Waals surface area contributed by atoms with Crippen molar-refractivity contribution in [2.45, 2.75) is 83.3 Å². The summed E-state index contributed by atoms with van der Waals surface area (Å²) in [5.41, 5.74) is 0. The molecule has 0 unspecified atom stereocenters. The lowest BCUT2D eigenvalue weighted by Crippen LogP contribution is -1.93. The average Bonchev–Trinajstić information content (AvgIpc) is 3.22. The first kappa shape index (κ1) is 18.0. The molecule has 1 rings (SSSR count). The van der Waals surface area contributed by atoms with Crippen LogP contribution in [0, 0.1) is 0 Å². The molecule has 1 fully saturated rings. The topological polar surface area (TPSA) is 49.8 Å². The van der Waals surface area contributed by atoms with E-state index < -0.39 is 5.97 Å². The number of rotatable bonds is 13. The molecule has 0 radical (unpaired) electrons. The van der Waals surface area contributed by atoms with Crippen molar-refractivity contribution in [1.82, 2.24) is 0 Å². The molecule has 2 atom stereocenters. The molecule has 120 valence electrons. The number of allylic oxidation sites excluding steroid dienone is 3. The van der Waals surface area contributed by atoms with Gasteiger partial charge in [0.2, 0.25) is 0 Å². The Morgan fingerprint density at radius 1 is 1.00 bits per heavy atom. The van der Waals surface area contributed by atoms with E-state index >= 15 is 0 Å². The van der Waals surface area contributed by atoms with Crippen LogP contribution in [0.1, 0.15) is 71.1 Å². The Bertz CT molecular complexity index is 333. The Labute approximate surface area is 129 Å². The van der Waals surface area contributed by atoms with Crippen LogP contribution in [0.4, 0.5) is 0 Å². The van der Waals surface area contributed by atoms with Gasteiger partial charge in [-0.3, -0.25) is 4.79 Å². The molecule has 0 aliphatic carbocycles. The molecule has 0 aromatic heterocycles. The number of ether oxygens (including phenoxy) is 1. The largest absolute Gasteiger partial charge is 0.481 e. The summed E-state index contributed by atoms with van der Waals surface area (Å²) in [6.45, 7) is 2.17. The zero-order chi connectivity index (χ0) is 15.3. The Balaban J connectivity index is 1.80. The lowest BCUT2D eigenvalue weighted by atomic mass is 10.1. The predicted molar refractivity (Wildman–Crippen MR) is 86.4 cm³/mol. The van der Waals surface area contributed by atoms with Crippen molar-refractivity contribution in [2.75, 3.05) is 0 Å². The normalized spacial score (nSPS) is 21.4. The van der Waals surface area contributed by atoms with Crippen molar-refractivity contribution in [2.24, 2.45) is 0 Å². The molecule has 0 bridgehead atoms. The average molecular weight is 294 g/mol. The highest BCUT2D eigenvalue weighted by Crippen LogP contribution is 2.28. The standard InChI is InChI=1S/C18H30O3/c1-2-16-17(21-16)14-12-10-8-6-4-3-5-7-9-11-13-15-18(19)20/h4,6,10,12,16-17H,2-3,5,7-9,11,13-15H2,1H3,(H,19,20)/b6-4+,12-10-/t16-,17+/m1/s1. The number of unbranched alkanes of at least 4 members (excludes halogenated alkanes) is 5. The van der Waals surface area contributed by atoms with Crippen LogP contribution >= 0.6 is 0 Å². The first-order valence-corrected chi connectivity index (χ1v) is 8.41. The van der Waals surface area contributed by atoms with Crippen LogP contribution in [0.3, 0.4) is 0 Å². The molecule has 0 saturated carbocycles. The minimum atomic E-state index is -0.676. The highest BCUT2D eigenvalue weighted by atomic mass is 16.6. The van der Waals surface area contributed by atoms with E-state index in [4.69, 9.17) is 9.84 Å². The van der Waals surface area contributed by atoms with Gasteiger partial charge in [0.25, 0.3) is 0 Å². The van der Waals surface area contributed by atoms with Gasteiger partial charge in [-0.25, -0.2) is 0 Å². The smallest absolute Gasteiger partial charge is 0.303 e. The molecule has 0 spiro atoms. The summed E-state index contributed by atoms with van der Waals surface area (Å²) in [5.74, 6) is -0.676. The molecule has 1 heterocycles. The molecule has 1 N–H and O–H groups in total. The maximum Gasteiger partial charge on any atom is 0.303 e. The first-order valence-electron chi connectivity index (χ1n) is 8.41. The van der Waals surface area contributed by atoms with Crippen LogP contribution in [0.2, 0.25) is 0 Å². The van der Waals surface area contributed by atoms with Gasteiger partial charge in [0.1, 0.15) is 0 Å². The van der Waals surface area contributed by atoms with E-state index in [1.165, 1.54) is 12.8 Å². The van der Waals surface area contributed by atoms with E-state index in [2.05, 4.69) is 31.2 Å². The summed E-state index contributed by atoms with van der Waals surface area (Å²) in [6.07, 6.45) is 20.0. The number of hydrogen-bond donors (Lipinski definition) is 1. The molecule has 1 aliphatic rings. The molecule has 3 nitrogen and oxygen atoms in total. The van der Waals surface area contributed by atoms with Crippen LogP contribution in [0.25, 0.3) is 0 Å². The van der Waals surface area contributed by atoms with Gasteiger partial charge in [-0.05, 0) is 38.5 Å². The van der Waals surface area contributed by atoms with E-state index in [0.717, 1.165) is 44.9 Å². The maximum atomic E-state index is 10.3. The van der Waals surface area contributed by atoms with Crippen LogP contribution in [0.5, 0.6) is 0 Å². The third-order valence-electron chi connectivity index (χ3n) is 3.83. The summed E-state index contributed by atoms with van der Waals surface area (Å²) in [6, 6.07) is 0. The van der Waals surface area contributed by atoms with Crippen molar-refractivity contribution < 1.29 is 14.6 Å². The van der Waals surface area contributed by atoms with Gasteiger partial charge in [-0.1, -0.05) is 50.5 Å². The second kappa shape index (κ2) is 11.6. The molecular weight excluding hydrogens is 264 g/mol. The minimum absolute atomic E-state index is 0.317. The monoisotopic (exact) mass is 294 g/mol. The molecule has 0 aromatic carbocycles. The number of carboxylic acid groups (broad SMARTS) is 1. The van der Waals surface area contributed by atoms with Crippen LogP contribution in [0.15, 0.2) is 24.3 Å². The van der Waals surface area contributed by atoms with Crippen LogP contribution in [-0.4, -0.2) is 23.3 Å². The van der Waals surface area contributed by atoms with Crippen LogP contribution < -0.4 is 0 Å². The molecule has 0 amide bonds. The number of carboxylic acids is 1.